The van der Waals surface area contributed by atoms with Gasteiger partial charge in [0.15, 0.2) is 0 Å². The summed E-state index contributed by atoms with van der Waals surface area (Å²) < 4.78 is 23.3. The minimum Gasteiger partial charge on any atom is -0.496 e. The van der Waals surface area contributed by atoms with Crippen molar-refractivity contribution >= 4 is 17.8 Å². The number of benzene rings is 2. The first-order valence-corrected chi connectivity index (χ1v) is 9.35. The van der Waals surface area contributed by atoms with Crippen molar-refractivity contribution in [1.29, 1.82) is 0 Å². The molecule has 30 heavy (non-hydrogen) atoms. The lowest BCUT2D eigenvalue weighted by molar-refractivity contribution is -0.145. The molecule has 2 atom stereocenters. The van der Waals surface area contributed by atoms with Crippen LogP contribution < -0.4 is 15.4 Å². The van der Waals surface area contributed by atoms with E-state index in [1.807, 2.05) is 0 Å². The summed E-state index contributed by atoms with van der Waals surface area (Å²) >= 11 is 0. The van der Waals surface area contributed by atoms with Crippen LogP contribution in [0.4, 0.5) is 4.39 Å². The SMILES string of the molecule is COC(=O)[C@@H](Cc1ccccc1OC)NC(=O)[C@@H](Cc1ccc(F)cc1)NC(C)=O. The maximum Gasteiger partial charge on any atom is 0.328 e. The molecule has 2 aromatic carbocycles. The molecule has 0 heterocycles. The van der Waals surface area contributed by atoms with Crippen molar-refractivity contribution in [2.45, 2.75) is 31.8 Å². The van der Waals surface area contributed by atoms with Crippen molar-refractivity contribution in [1.82, 2.24) is 10.6 Å². The van der Waals surface area contributed by atoms with Crippen molar-refractivity contribution in [3.8, 4) is 5.75 Å². The van der Waals surface area contributed by atoms with Gasteiger partial charge in [-0.15, -0.1) is 0 Å². The van der Waals surface area contributed by atoms with Crippen LogP contribution in [-0.4, -0.2) is 44.1 Å². The van der Waals surface area contributed by atoms with Crippen LogP contribution >= 0.6 is 0 Å². The molecule has 0 saturated carbocycles. The fraction of sp³-hybridized carbons (Fsp3) is 0.318. The highest BCUT2D eigenvalue weighted by Gasteiger charge is 2.28. The lowest BCUT2D eigenvalue weighted by atomic mass is 10.0. The molecule has 0 radical (unpaired) electrons. The molecule has 160 valence electrons. The third kappa shape index (κ3) is 6.58. The number of esters is 1. The van der Waals surface area contributed by atoms with Crippen molar-refractivity contribution in [3.63, 3.8) is 0 Å². The average molecular weight is 416 g/mol. The third-order valence-corrected chi connectivity index (χ3v) is 4.47. The second kappa shape index (κ2) is 10.9. The van der Waals surface area contributed by atoms with Crippen LogP contribution in [0, 0.1) is 5.82 Å². The van der Waals surface area contributed by atoms with Gasteiger partial charge in [0.1, 0.15) is 23.7 Å². The van der Waals surface area contributed by atoms with E-state index in [2.05, 4.69) is 10.6 Å². The van der Waals surface area contributed by atoms with Gasteiger partial charge in [-0.25, -0.2) is 9.18 Å². The Hall–Kier alpha value is -3.42. The summed E-state index contributed by atoms with van der Waals surface area (Å²) in [6.07, 6.45) is 0.278. The van der Waals surface area contributed by atoms with Gasteiger partial charge in [-0.3, -0.25) is 9.59 Å². The number of hydrogen-bond acceptors (Lipinski definition) is 5. The van der Waals surface area contributed by atoms with E-state index in [0.717, 1.165) is 0 Å². The van der Waals surface area contributed by atoms with E-state index in [1.54, 1.807) is 24.3 Å². The van der Waals surface area contributed by atoms with Gasteiger partial charge in [0, 0.05) is 19.8 Å². The summed E-state index contributed by atoms with van der Waals surface area (Å²) in [7, 11) is 2.74. The molecule has 2 amide bonds. The van der Waals surface area contributed by atoms with E-state index < -0.39 is 35.7 Å². The molecule has 8 heteroatoms. The molecule has 0 aromatic heterocycles. The normalized spacial score (nSPS) is 12.4. The zero-order chi connectivity index (χ0) is 22.1. The van der Waals surface area contributed by atoms with Crippen molar-refractivity contribution in [3.05, 3.63) is 65.5 Å². The first kappa shape index (κ1) is 22.9. The Morgan fingerprint density at radius 2 is 1.60 bits per heavy atom. The number of halogens is 1. The van der Waals surface area contributed by atoms with Gasteiger partial charge in [-0.1, -0.05) is 30.3 Å². The number of carbonyl (C=O) groups is 3. The van der Waals surface area contributed by atoms with E-state index >= 15 is 0 Å². The minimum absolute atomic E-state index is 0.133. The number of ether oxygens (including phenoxy) is 2. The summed E-state index contributed by atoms with van der Waals surface area (Å²) in [6.45, 7) is 1.29. The first-order chi connectivity index (χ1) is 14.3. The van der Waals surface area contributed by atoms with Crippen LogP contribution in [-0.2, 0) is 32.0 Å². The van der Waals surface area contributed by atoms with Crippen LogP contribution in [0.5, 0.6) is 5.75 Å². The van der Waals surface area contributed by atoms with E-state index in [0.29, 0.717) is 16.9 Å². The van der Waals surface area contributed by atoms with Crippen LogP contribution in [0.15, 0.2) is 48.5 Å². The molecule has 7 nitrogen and oxygen atoms in total. The maximum atomic E-state index is 13.2. The lowest BCUT2D eigenvalue weighted by Gasteiger charge is -2.22. The summed E-state index contributed by atoms with van der Waals surface area (Å²) in [5.74, 6) is -1.42. The Morgan fingerprint density at radius 1 is 0.933 bits per heavy atom. The molecule has 0 saturated heterocycles. The molecule has 2 aromatic rings. The molecule has 0 unspecified atom stereocenters. The van der Waals surface area contributed by atoms with Crippen LogP contribution in [0.2, 0.25) is 0 Å². The van der Waals surface area contributed by atoms with Gasteiger partial charge in [-0.2, -0.15) is 0 Å². The Balaban J connectivity index is 2.19. The van der Waals surface area contributed by atoms with Crippen molar-refractivity contribution in [2.75, 3.05) is 14.2 Å². The highest BCUT2D eigenvalue weighted by Crippen LogP contribution is 2.19. The molecule has 2 rings (SSSR count). The number of rotatable bonds is 9. The van der Waals surface area contributed by atoms with E-state index in [-0.39, 0.29) is 12.8 Å². The monoisotopic (exact) mass is 416 g/mol. The van der Waals surface area contributed by atoms with E-state index in [4.69, 9.17) is 9.47 Å². The van der Waals surface area contributed by atoms with Gasteiger partial charge >= 0.3 is 5.97 Å². The van der Waals surface area contributed by atoms with E-state index in [9.17, 15) is 18.8 Å². The average Bonchev–Trinajstić information content (AvgIpc) is 2.73. The fourth-order valence-corrected chi connectivity index (χ4v) is 3.01. The highest BCUT2D eigenvalue weighted by molar-refractivity contribution is 5.90. The standard InChI is InChI=1S/C22H25FN2O5/c1-14(26)24-18(12-15-8-10-17(23)11-9-15)21(27)25-19(22(28)30-3)13-16-6-4-5-7-20(16)29-2/h4-11,18-19H,12-13H2,1-3H3,(H,24,26)(H,25,27)/t18-,19-/m1/s1. The van der Waals surface area contributed by atoms with Gasteiger partial charge in [0.25, 0.3) is 0 Å². The smallest absolute Gasteiger partial charge is 0.328 e. The summed E-state index contributed by atoms with van der Waals surface area (Å²) in [4.78, 5) is 36.8. The summed E-state index contributed by atoms with van der Waals surface area (Å²) in [5, 5.41) is 5.22. The van der Waals surface area contributed by atoms with E-state index in [1.165, 1.54) is 45.4 Å². The molecular formula is C22H25FN2O5. The maximum absolute atomic E-state index is 13.2. The van der Waals surface area contributed by atoms with Crippen molar-refractivity contribution in [2.24, 2.45) is 0 Å². The second-order valence-corrected chi connectivity index (χ2v) is 6.68. The number of hydrogen-bond donors (Lipinski definition) is 2. The van der Waals surface area contributed by atoms with Gasteiger partial charge in [-0.05, 0) is 29.3 Å². The van der Waals surface area contributed by atoms with Gasteiger partial charge < -0.3 is 20.1 Å². The predicted molar refractivity (Wildman–Crippen MR) is 108 cm³/mol. The third-order valence-electron chi connectivity index (χ3n) is 4.47. The number of amides is 2. The van der Waals surface area contributed by atoms with Gasteiger partial charge in [0.2, 0.25) is 11.8 Å². The highest BCUT2D eigenvalue weighted by atomic mass is 19.1. The van der Waals surface area contributed by atoms with Crippen LogP contribution in [0.1, 0.15) is 18.1 Å². The zero-order valence-electron chi connectivity index (χ0n) is 17.1. The topological polar surface area (TPSA) is 93.7 Å². The number of methoxy groups -OCH3 is 2. The van der Waals surface area contributed by atoms with Gasteiger partial charge in [0.05, 0.1) is 14.2 Å². The minimum atomic E-state index is -0.983. The van der Waals surface area contributed by atoms with Crippen molar-refractivity contribution < 1.29 is 28.2 Å². The molecule has 0 aliphatic heterocycles. The Bertz CT molecular complexity index is 885. The molecule has 0 fully saturated rings. The van der Waals surface area contributed by atoms with Crippen LogP contribution in [0.3, 0.4) is 0 Å². The lowest BCUT2D eigenvalue weighted by Crippen LogP contribution is -2.53. The molecule has 2 N–H and O–H groups in total. The molecule has 0 spiro atoms. The second-order valence-electron chi connectivity index (χ2n) is 6.68. The molecule has 0 aliphatic carbocycles. The molecule has 0 aliphatic rings. The largest absolute Gasteiger partial charge is 0.496 e. The predicted octanol–water partition coefficient (Wildman–Crippen LogP) is 1.78. The number of para-hydroxylation sites is 1. The van der Waals surface area contributed by atoms with Crippen LogP contribution in [0.25, 0.3) is 0 Å². The molecular weight excluding hydrogens is 391 g/mol. The summed E-state index contributed by atoms with van der Waals surface area (Å²) in [5.41, 5.74) is 1.37. The quantitative estimate of drug-likeness (QED) is 0.608. The number of nitrogens with one attached hydrogen (secondary N) is 2. The number of carbonyl (C=O) groups excluding carboxylic acids is 3. The Labute approximate surface area is 174 Å². The summed E-state index contributed by atoms with van der Waals surface area (Å²) in [6, 6.07) is 10.8. The first-order valence-electron chi connectivity index (χ1n) is 9.35. The zero-order valence-corrected chi connectivity index (χ0v) is 17.1. The molecule has 0 bridgehead atoms. The Kier molecular flexibility index (Phi) is 8.34. The Morgan fingerprint density at radius 3 is 2.20 bits per heavy atom. The fourth-order valence-electron chi connectivity index (χ4n) is 3.01.